The van der Waals surface area contributed by atoms with Crippen molar-refractivity contribution in [3.63, 3.8) is 0 Å². The third-order valence-electron chi connectivity index (χ3n) is 2.65. The zero-order chi connectivity index (χ0) is 11.7. The van der Waals surface area contributed by atoms with Crippen LogP contribution in [0.1, 0.15) is 59.3 Å². The Bertz CT molecular complexity index is 171. The van der Waals surface area contributed by atoms with Gasteiger partial charge in [-0.3, -0.25) is 4.79 Å². The molecule has 3 heteroatoms. The molecule has 0 radical (unpaired) electrons. The van der Waals surface area contributed by atoms with E-state index < -0.39 is 12.0 Å². The van der Waals surface area contributed by atoms with Gasteiger partial charge in [0.2, 0.25) is 0 Å². The molecule has 0 amide bonds. The monoisotopic (exact) mass is 215 g/mol. The molecule has 0 saturated heterocycles. The summed E-state index contributed by atoms with van der Waals surface area (Å²) in [7, 11) is 0. The minimum Gasteiger partial charge on any atom is -0.480 e. The van der Waals surface area contributed by atoms with Crippen LogP contribution in [0.15, 0.2) is 0 Å². The number of carboxylic acids is 1. The summed E-state index contributed by atoms with van der Waals surface area (Å²) in [6.45, 7) is 5.95. The van der Waals surface area contributed by atoms with Crippen molar-refractivity contribution in [1.29, 1.82) is 0 Å². The van der Waals surface area contributed by atoms with Crippen molar-refractivity contribution in [3.05, 3.63) is 0 Å². The van der Waals surface area contributed by atoms with Gasteiger partial charge in [0.1, 0.15) is 6.04 Å². The van der Waals surface area contributed by atoms with Crippen molar-refractivity contribution >= 4 is 5.97 Å². The van der Waals surface area contributed by atoms with Crippen LogP contribution in [0.5, 0.6) is 0 Å². The Hall–Kier alpha value is -0.570. The summed E-state index contributed by atoms with van der Waals surface area (Å²) < 4.78 is 0. The van der Waals surface area contributed by atoms with Gasteiger partial charge in [-0.05, 0) is 20.3 Å². The molecule has 0 aliphatic heterocycles. The Labute approximate surface area is 93.3 Å². The summed E-state index contributed by atoms with van der Waals surface area (Å²) in [4.78, 5) is 10.6. The largest absolute Gasteiger partial charge is 0.480 e. The van der Waals surface area contributed by atoms with E-state index in [1.165, 1.54) is 32.1 Å². The Morgan fingerprint density at radius 1 is 1.20 bits per heavy atom. The van der Waals surface area contributed by atoms with E-state index in [1.807, 2.05) is 0 Å². The maximum Gasteiger partial charge on any atom is 0.320 e. The number of nitrogens with one attached hydrogen (secondary N) is 1. The molecule has 0 aromatic carbocycles. The quantitative estimate of drug-likeness (QED) is 0.581. The van der Waals surface area contributed by atoms with Crippen LogP contribution in [0.3, 0.4) is 0 Å². The Balaban J connectivity index is 3.40. The minimum absolute atomic E-state index is 0.303. The summed E-state index contributed by atoms with van der Waals surface area (Å²) in [5.41, 5.74) is 0. The van der Waals surface area contributed by atoms with Gasteiger partial charge >= 0.3 is 5.97 Å². The van der Waals surface area contributed by atoms with Gasteiger partial charge in [0.25, 0.3) is 0 Å². The molecule has 0 bridgehead atoms. The van der Waals surface area contributed by atoms with Crippen molar-refractivity contribution in [2.24, 2.45) is 0 Å². The molecule has 0 fully saturated rings. The van der Waals surface area contributed by atoms with E-state index in [9.17, 15) is 4.79 Å². The molecule has 0 saturated carbocycles. The first kappa shape index (κ1) is 14.4. The number of unbranched alkanes of at least 4 members (excludes halogenated alkanes) is 4. The molecular formula is C12H25NO2. The molecule has 2 N–H and O–H groups in total. The van der Waals surface area contributed by atoms with Crippen LogP contribution in [0, 0.1) is 0 Å². The summed E-state index contributed by atoms with van der Waals surface area (Å²) in [5, 5.41) is 11.8. The first-order valence-corrected chi connectivity index (χ1v) is 6.06. The highest BCUT2D eigenvalue weighted by Crippen LogP contribution is 2.07. The van der Waals surface area contributed by atoms with Gasteiger partial charge in [0.15, 0.2) is 0 Å². The number of hydrogen-bond acceptors (Lipinski definition) is 2. The second-order valence-corrected chi connectivity index (χ2v) is 4.33. The summed E-state index contributed by atoms with van der Waals surface area (Å²) in [6.07, 6.45) is 7.41. The molecule has 0 rings (SSSR count). The minimum atomic E-state index is -0.771. The first-order valence-electron chi connectivity index (χ1n) is 6.06. The van der Waals surface area contributed by atoms with Crippen molar-refractivity contribution in [2.45, 2.75) is 71.4 Å². The maximum absolute atomic E-state index is 10.6. The van der Waals surface area contributed by atoms with Gasteiger partial charge in [-0.25, -0.2) is 0 Å². The van der Waals surface area contributed by atoms with E-state index in [-0.39, 0.29) is 0 Å². The second kappa shape index (κ2) is 8.72. The molecule has 0 heterocycles. The number of aliphatic carboxylic acids is 1. The van der Waals surface area contributed by atoms with Gasteiger partial charge < -0.3 is 10.4 Å². The molecule has 1 unspecified atom stereocenters. The van der Waals surface area contributed by atoms with Crippen LogP contribution in [0.4, 0.5) is 0 Å². The third-order valence-corrected chi connectivity index (χ3v) is 2.65. The Morgan fingerprint density at radius 2 is 1.80 bits per heavy atom. The lowest BCUT2D eigenvalue weighted by atomic mass is 10.1. The Kier molecular flexibility index (Phi) is 8.38. The molecule has 0 spiro atoms. The average molecular weight is 215 g/mol. The topological polar surface area (TPSA) is 49.3 Å². The lowest BCUT2D eigenvalue weighted by molar-refractivity contribution is -0.139. The lowest BCUT2D eigenvalue weighted by Gasteiger charge is -2.16. The summed E-state index contributed by atoms with van der Waals surface area (Å²) >= 11 is 0. The predicted octanol–water partition coefficient (Wildman–Crippen LogP) is 2.80. The zero-order valence-electron chi connectivity index (χ0n) is 10.3. The van der Waals surface area contributed by atoms with Crippen molar-refractivity contribution in [3.8, 4) is 0 Å². The number of rotatable bonds is 9. The summed E-state index contributed by atoms with van der Waals surface area (Å²) in [6, 6.07) is -0.131. The van der Waals surface area contributed by atoms with Crippen LogP contribution < -0.4 is 5.32 Å². The van der Waals surface area contributed by atoms with E-state index >= 15 is 0 Å². The molecule has 3 nitrogen and oxygen atoms in total. The van der Waals surface area contributed by atoms with Crippen LogP contribution in [0.2, 0.25) is 0 Å². The number of carbonyl (C=O) groups is 1. The molecule has 0 aromatic heterocycles. The van der Waals surface area contributed by atoms with Crippen molar-refractivity contribution < 1.29 is 9.90 Å². The van der Waals surface area contributed by atoms with Crippen LogP contribution in [0.25, 0.3) is 0 Å². The van der Waals surface area contributed by atoms with Gasteiger partial charge in [-0.1, -0.05) is 39.0 Å². The highest BCUT2D eigenvalue weighted by atomic mass is 16.4. The highest BCUT2D eigenvalue weighted by molar-refractivity contribution is 5.72. The molecule has 0 aliphatic rings. The fraction of sp³-hybridized carbons (Fsp3) is 0.917. The van der Waals surface area contributed by atoms with E-state index in [0.29, 0.717) is 6.04 Å². The number of carboxylic acid groups (broad SMARTS) is 1. The van der Waals surface area contributed by atoms with E-state index in [4.69, 9.17) is 5.11 Å². The van der Waals surface area contributed by atoms with Gasteiger partial charge in [-0.2, -0.15) is 0 Å². The lowest BCUT2D eigenvalue weighted by Crippen LogP contribution is -2.39. The van der Waals surface area contributed by atoms with Gasteiger partial charge in [-0.15, -0.1) is 0 Å². The van der Waals surface area contributed by atoms with Crippen molar-refractivity contribution in [1.82, 2.24) is 5.32 Å². The fourth-order valence-electron chi connectivity index (χ4n) is 1.64. The molecule has 0 aliphatic carbocycles. The SMILES string of the molecule is CCCCCCCC(C)N[C@@H](C)C(=O)O. The second-order valence-electron chi connectivity index (χ2n) is 4.33. The summed E-state index contributed by atoms with van der Waals surface area (Å²) in [5.74, 6) is -0.771. The van der Waals surface area contributed by atoms with E-state index in [0.717, 1.165) is 6.42 Å². The van der Waals surface area contributed by atoms with Gasteiger partial charge in [0, 0.05) is 6.04 Å². The first-order chi connectivity index (χ1) is 7.07. The average Bonchev–Trinajstić information content (AvgIpc) is 2.17. The molecule has 2 atom stereocenters. The van der Waals surface area contributed by atoms with E-state index in [1.54, 1.807) is 6.92 Å². The molecule has 15 heavy (non-hydrogen) atoms. The van der Waals surface area contributed by atoms with Gasteiger partial charge in [0.05, 0.1) is 0 Å². The van der Waals surface area contributed by atoms with Crippen LogP contribution in [-0.2, 0) is 4.79 Å². The molecular weight excluding hydrogens is 190 g/mol. The molecule has 90 valence electrons. The standard InChI is InChI=1S/C12H25NO2/c1-4-5-6-7-8-9-10(2)13-11(3)12(14)15/h10-11,13H,4-9H2,1-3H3,(H,14,15)/t10?,11-/m0/s1. The third kappa shape index (κ3) is 8.43. The van der Waals surface area contributed by atoms with Crippen molar-refractivity contribution in [2.75, 3.05) is 0 Å². The fourth-order valence-corrected chi connectivity index (χ4v) is 1.64. The maximum atomic E-state index is 10.6. The zero-order valence-corrected chi connectivity index (χ0v) is 10.3. The number of hydrogen-bond donors (Lipinski definition) is 2. The highest BCUT2D eigenvalue weighted by Gasteiger charge is 2.12. The van der Waals surface area contributed by atoms with Crippen LogP contribution in [-0.4, -0.2) is 23.2 Å². The smallest absolute Gasteiger partial charge is 0.320 e. The predicted molar refractivity (Wildman–Crippen MR) is 63.1 cm³/mol. The van der Waals surface area contributed by atoms with E-state index in [2.05, 4.69) is 19.2 Å². The normalized spacial score (nSPS) is 14.9. The Morgan fingerprint density at radius 3 is 2.33 bits per heavy atom. The van der Waals surface area contributed by atoms with Crippen LogP contribution >= 0.6 is 0 Å². The molecule has 0 aromatic rings.